The molecule has 0 bridgehead atoms. The van der Waals surface area contributed by atoms with Crippen molar-refractivity contribution < 1.29 is 9.53 Å². The molecule has 0 radical (unpaired) electrons. The minimum absolute atomic E-state index is 0.0412. The van der Waals surface area contributed by atoms with E-state index < -0.39 is 0 Å². The molecule has 1 N–H and O–H groups in total. The zero-order valence-electron chi connectivity index (χ0n) is 11.4. The quantitative estimate of drug-likeness (QED) is 0.879. The first-order valence-corrected chi connectivity index (χ1v) is 6.52. The van der Waals surface area contributed by atoms with Crippen LogP contribution in [-0.4, -0.2) is 54.6 Å². The van der Waals surface area contributed by atoms with Crippen LogP contribution in [0.2, 0.25) is 0 Å². The fourth-order valence-electron chi connectivity index (χ4n) is 2.29. The minimum atomic E-state index is -0.0412. The van der Waals surface area contributed by atoms with Gasteiger partial charge < -0.3 is 15.0 Å². The molecule has 1 aromatic heterocycles. The Hall–Kier alpha value is -1.69. The third-order valence-corrected chi connectivity index (χ3v) is 3.41. The van der Waals surface area contributed by atoms with Crippen molar-refractivity contribution in [2.45, 2.75) is 12.8 Å². The van der Waals surface area contributed by atoms with Gasteiger partial charge in [-0.15, -0.1) is 0 Å². The Bertz CT molecular complexity index is 430. The normalized spacial score (nSPS) is 16.4. The van der Waals surface area contributed by atoms with Crippen molar-refractivity contribution in [3.63, 3.8) is 0 Å². The summed E-state index contributed by atoms with van der Waals surface area (Å²) >= 11 is 0. The van der Waals surface area contributed by atoms with Crippen molar-refractivity contribution in [1.29, 1.82) is 0 Å². The van der Waals surface area contributed by atoms with E-state index in [-0.39, 0.29) is 5.91 Å². The maximum Gasteiger partial charge on any atom is 0.274 e. The smallest absolute Gasteiger partial charge is 0.274 e. The van der Waals surface area contributed by atoms with Crippen LogP contribution in [0.25, 0.3) is 0 Å². The van der Waals surface area contributed by atoms with E-state index in [1.165, 1.54) is 6.20 Å². The molecule has 1 fully saturated rings. The highest BCUT2D eigenvalue weighted by Crippen LogP contribution is 2.18. The van der Waals surface area contributed by atoms with Gasteiger partial charge in [0.25, 0.3) is 5.91 Å². The summed E-state index contributed by atoms with van der Waals surface area (Å²) in [6, 6.07) is 0. The fraction of sp³-hybridized carbons (Fsp3) is 0.615. The number of piperidine rings is 1. The standard InChI is InChI=1S/C13H20N4O2/c1-14-12-8-15-7-11(16-12)13(18)17-5-3-10(4-6-17)9-19-2/h7-8,10H,3-6,9H2,1-2H3,(H,14,16). The number of amides is 1. The molecule has 0 aromatic carbocycles. The number of nitrogens with zero attached hydrogens (tertiary/aromatic N) is 3. The first-order valence-electron chi connectivity index (χ1n) is 6.52. The fourth-order valence-corrected chi connectivity index (χ4v) is 2.29. The van der Waals surface area contributed by atoms with E-state index >= 15 is 0 Å². The highest BCUT2D eigenvalue weighted by Gasteiger charge is 2.24. The van der Waals surface area contributed by atoms with Gasteiger partial charge in [0, 0.05) is 33.9 Å². The second-order valence-electron chi connectivity index (χ2n) is 4.73. The van der Waals surface area contributed by atoms with Crippen molar-refractivity contribution in [3.05, 3.63) is 18.1 Å². The number of nitrogens with one attached hydrogen (secondary N) is 1. The molecule has 6 heteroatoms. The lowest BCUT2D eigenvalue weighted by Gasteiger charge is -2.31. The lowest BCUT2D eigenvalue weighted by Crippen LogP contribution is -2.39. The van der Waals surface area contributed by atoms with E-state index in [9.17, 15) is 4.79 Å². The number of rotatable bonds is 4. The van der Waals surface area contributed by atoms with E-state index in [1.807, 2.05) is 4.90 Å². The van der Waals surface area contributed by atoms with E-state index in [0.717, 1.165) is 32.5 Å². The van der Waals surface area contributed by atoms with Gasteiger partial charge in [-0.3, -0.25) is 9.78 Å². The molecule has 1 saturated heterocycles. The predicted molar refractivity (Wildman–Crippen MR) is 72.1 cm³/mol. The van der Waals surface area contributed by atoms with Crippen molar-refractivity contribution in [1.82, 2.24) is 14.9 Å². The third-order valence-electron chi connectivity index (χ3n) is 3.41. The summed E-state index contributed by atoms with van der Waals surface area (Å²) in [7, 11) is 3.48. The van der Waals surface area contributed by atoms with Crippen LogP contribution >= 0.6 is 0 Å². The van der Waals surface area contributed by atoms with Crippen LogP contribution in [-0.2, 0) is 4.74 Å². The van der Waals surface area contributed by atoms with E-state index in [0.29, 0.717) is 17.4 Å². The topological polar surface area (TPSA) is 67.4 Å². The molecule has 2 heterocycles. The van der Waals surface area contributed by atoms with Crippen LogP contribution in [0.4, 0.5) is 5.82 Å². The average Bonchev–Trinajstić information content (AvgIpc) is 2.48. The lowest BCUT2D eigenvalue weighted by atomic mass is 9.97. The molecule has 0 atom stereocenters. The molecule has 0 unspecified atom stereocenters. The highest BCUT2D eigenvalue weighted by atomic mass is 16.5. The monoisotopic (exact) mass is 264 g/mol. The molecule has 6 nitrogen and oxygen atoms in total. The van der Waals surface area contributed by atoms with Gasteiger partial charge in [0.15, 0.2) is 0 Å². The van der Waals surface area contributed by atoms with E-state index in [1.54, 1.807) is 20.4 Å². The summed E-state index contributed by atoms with van der Waals surface area (Å²) in [6.07, 6.45) is 5.09. The van der Waals surface area contributed by atoms with Crippen molar-refractivity contribution >= 4 is 11.7 Å². The first kappa shape index (κ1) is 13.7. The first-order chi connectivity index (χ1) is 9.24. The van der Waals surface area contributed by atoms with Gasteiger partial charge in [-0.05, 0) is 18.8 Å². The van der Waals surface area contributed by atoms with Gasteiger partial charge in [0.05, 0.1) is 12.4 Å². The molecule has 19 heavy (non-hydrogen) atoms. The number of likely N-dealkylation sites (tertiary alicyclic amines) is 1. The Labute approximate surface area is 113 Å². The van der Waals surface area contributed by atoms with Gasteiger partial charge in [-0.2, -0.15) is 0 Å². The van der Waals surface area contributed by atoms with E-state index in [2.05, 4.69) is 15.3 Å². The van der Waals surface area contributed by atoms with Gasteiger partial charge >= 0.3 is 0 Å². The van der Waals surface area contributed by atoms with Crippen LogP contribution in [0.1, 0.15) is 23.3 Å². The van der Waals surface area contributed by atoms with Gasteiger partial charge in [0.1, 0.15) is 11.5 Å². The predicted octanol–water partition coefficient (Wildman–Crippen LogP) is 1.02. The van der Waals surface area contributed by atoms with Crippen LogP contribution in [0.15, 0.2) is 12.4 Å². The maximum absolute atomic E-state index is 12.3. The molecule has 1 aliphatic rings. The number of carbonyl (C=O) groups is 1. The molecule has 1 aliphatic heterocycles. The molecule has 0 aliphatic carbocycles. The number of aromatic nitrogens is 2. The molecular weight excluding hydrogens is 244 g/mol. The molecule has 1 aromatic rings. The average molecular weight is 264 g/mol. The summed E-state index contributed by atoms with van der Waals surface area (Å²) < 4.78 is 5.16. The Balaban J connectivity index is 1.97. The minimum Gasteiger partial charge on any atom is -0.384 e. The van der Waals surface area contributed by atoms with Crippen molar-refractivity contribution in [3.8, 4) is 0 Å². The summed E-state index contributed by atoms with van der Waals surface area (Å²) in [6.45, 7) is 2.30. The summed E-state index contributed by atoms with van der Waals surface area (Å²) in [5.41, 5.74) is 0.400. The molecular formula is C13H20N4O2. The lowest BCUT2D eigenvalue weighted by molar-refractivity contribution is 0.0608. The molecule has 0 saturated carbocycles. The Morgan fingerprint density at radius 3 is 2.84 bits per heavy atom. The van der Waals surface area contributed by atoms with Crippen LogP contribution < -0.4 is 5.32 Å². The highest BCUT2D eigenvalue weighted by molar-refractivity contribution is 5.92. The summed E-state index contributed by atoms with van der Waals surface area (Å²) in [4.78, 5) is 22.4. The molecule has 104 valence electrons. The van der Waals surface area contributed by atoms with Gasteiger partial charge in [0.2, 0.25) is 0 Å². The number of ether oxygens (including phenoxy) is 1. The van der Waals surface area contributed by atoms with Crippen LogP contribution in [0.5, 0.6) is 0 Å². The number of hydrogen-bond donors (Lipinski definition) is 1. The third kappa shape index (κ3) is 3.41. The number of anilines is 1. The summed E-state index contributed by atoms with van der Waals surface area (Å²) in [5.74, 6) is 1.13. The molecule has 0 spiro atoms. The van der Waals surface area contributed by atoms with Crippen molar-refractivity contribution in [2.75, 3.05) is 39.2 Å². The summed E-state index contributed by atoms with van der Waals surface area (Å²) in [5, 5.41) is 2.89. The Morgan fingerprint density at radius 2 is 2.21 bits per heavy atom. The zero-order valence-corrected chi connectivity index (χ0v) is 11.4. The molecule has 1 amide bonds. The van der Waals surface area contributed by atoms with Crippen molar-refractivity contribution in [2.24, 2.45) is 5.92 Å². The van der Waals surface area contributed by atoms with E-state index in [4.69, 9.17) is 4.74 Å². The Kier molecular flexibility index (Phi) is 4.68. The SMILES string of the molecule is CNc1cncc(C(=O)N2CCC(COC)CC2)n1. The number of methoxy groups -OCH3 is 1. The maximum atomic E-state index is 12.3. The second-order valence-corrected chi connectivity index (χ2v) is 4.73. The zero-order chi connectivity index (χ0) is 13.7. The number of carbonyl (C=O) groups excluding carboxylic acids is 1. The Morgan fingerprint density at radius 1 is 1.47 bits per heavy atom. The second kappa shape index (κ2) is 6.47. The molecule has 2 rings (SSSR count). The number of hydrogen-bond acceptors (Lipinski definition) is 5. The largest absolute Gasteiger partial charge is 0.384 e. The van der Waals surface area contributed by atoms with Crippen LogP contribution in [0.3, 0.4) is 0 Å². The van der Waals surface area contributed by atoms with Crippen LogP contribution in [0, 0.1) is 5.92 Å². The van der Waals surface area contributed by atoms with Gasteiger partial charge in [-0.25, -0.2) is 4.98 Å². The van der Waals surface area contributed by atoms with Gasteiger partial charge in [-0.1, -0.05) is 0 Å².